The highest BCUT2D eigenvalue weighted by molar-refractivity contribution is 6.05. The number of aromatic hydroxyl groups is 1. The van der Waals surface area contributed by atoms with E-state index in [1.54, 1.807) is 18.2 Å². The Morgan fingerprint density at radius 1 is 1.15 bits per heavy atom. The van der Waals surface area contributed by atoms with Crippen molar-refractivity contribution in [2.45, 2.75) is 20.3 Å². The summed E-state index contributed by atoms with van der Waals surface area (Å²) in [7, 11) is 1.53. The summed E-state index contributed by atoms with van der Waals surface area (Å²) >= 11 is 0. The van der Waals surface area contributed by atoms with Crippen LogP contribution in [0.15, 0.2) is 48.5 Å². The normalized spacial score (nSPS) is 11.1. The number of nitrogens with zero attached hydrogens (tertiary/aromatic N) is 2. The predicted molar refractivity (Wildman–Crippen MR) is 104 cm³/mol. The summed E-state index contributed by atoms with van der Waals surface area (Å²) in [5.74, 6) is 0.443. The molecular weight excluding hydrogens is 328 g/mol. The smallest absolute Gasteiger partial charge is 0.411 e. The molecule has 1 aromatic heterocycles. The Morgan fingerprint density at radius 2 is 1.85 bits per heavy atom. The van der Waals surface area contributed by atoms with Gasteiger partial charge in [-0.1, -0.05) is 44.2 Å². The van der Waals surface area contributed by atoms with Gasteiger partial charge in [0.05, 0.1) is 16.9 Å². The monoisotopic (exact) mass is 350 g/mol. The molecule has 0 spiro atoms. The zero-order chi connectivity index (χ0) is 18.8. The van der Waals surface area contributed by atoms with E-state index >= 15 is 0 Å². The SMILES string of the molecule is CC(C)Cc1nc2ccc(O)cc2c(-c2ccccc2)c1N(C)C(=O)O. The zero-order valence-electron chi connectivity index (χ0n) is 15.1. The molecule has 0 unspecified atom stereocenters. The highest BCUT2D eigenvalue weighted by Gasteiger charge is 2.23. The number of phenols is 1. The number of carboxylic acid groups (broad SMARTS) is 1. The van der Waals surface area contributed by atoms with Crippen LogP contribution in [0.2, 0.25) is 0 Å². The fraction of sp³-hybridized carbons (Fsp3) is 0.238. The number of benzene rings is 2. The van der Waals surface area contributed by atoms with Crippen LogP contribution in [0.3, 0.4) is 0 Å². The highest BCUT2D eigenvalue weighted by atomic mass is 16.4. The molecule has 0 saturated carbocycles. The molecule has 3 rings (SSSR count). The van der Waals surface area contributed by atoms with E-state index in [9.17, 15) is 15.0 Å². The second-order valence-electron chi connectivity index (χ2n) is 6.79. The highest BCUT2D eigenvalue weighted by Crippen LogP contribution is 2.40. The van der Waals surface area contributed by atoms with Gasteiger partial charge in [0.1, 0.15) is 5.75 Å². The number of aromatic nitrogens is 1. The molecular formula is C21H22N2O3. The van der Waals surface area contributed by atoms with E-state index in [0.29, 0.717) is 18.0 Å². The lowest BCUT2D eigenvalue weighted by atomic mass is 9.94. The van der Waals surface area contributed by atoms with Crippen LogP contribution in [0.4, 0.5) is 10.5 Å². The van der Waals surface area contributed by atoms with Crippen LogP contribution in [-0.2, 0) is 6.42 Å². The van der Waals surface area contributed by atoms with Crippen LogP contribution in [0.25, 0.3) is 22.0 Å². The average molecular weight is 350 g/mol. The fourth-order valence-electron chi connectivity index (χ4n) is 3.17. The van der Waals surface area contributed by atoms with Gasteiger partial charge in [0.2, 0.25) is 0 Å². The predicted octanol–water partition coefficient (Wildman–Crippen LogP) is 4.92. The van der Waals surface area contributed by atoms with Gasteiger partial charge >= 0.3 is 6.09 Å². The minimum atomic E-state index is -1.05. The molecule has 134 valence electrons. The molecule has 0 aliphatic rings. The molecule has 0 radical (unpaired) electrons. The molecule has 0 saturated heterocycles. The van der Waals surface area contributed by atoms with Gasteiger partial charge in [0.15, 0.2) is 0 Å². The molecule has 5 heteroatoms. The summed E-state index contributed by atoms with van der Waals surface area (Å²) < 4.78 is 0. The molecule has 0 fully saturated rings. The number of fused-ring (bicyclic) bond motifs is 1. The Bertz CT molecular complexity index is 952. The van der Waals surface area contributed by atoms with E-state index in [0.717, 1.165) is 27.7 Å². The minimum absolute atomic E-state index is 0.122. The lowest BCUT2D eigenvalue weighted by Gasteiger charge is -2.24. The molecule has 3 aromatic rings. The number of rotatable bonds is 4. The van der Waals surface area contributed by atoms with E-state index in [2.05, 4.69) is 13.8 Å². The lowest BCUT2D eigenvalue weighted by Crippen LogP contribution is -2.26. The third-order valence-electron chi connectivity index (χ3n) is 4.30. The van der Waals surface area contributed by atoms with E-state index < -0.39 is 6.09 Å². The third-order valence-corrected chi connectivity index (χ3v) is 4.30. The van der Waals surface area contributed by atoms with Gasteiger partial charge in [0, 0.05) is 18.0 Å². The minimum Gasteiger partial charge on any atom is -0.508 e. The molecule has 0 atom stereocenters. The van der Waals surface area contributed by atoms with E-state index in [-0.39, 0.29) is 5.75 Å². The molecule has 0 aliphatic carbocycles. The van der Waals surface area contributed by atoms with Gasteiger partial charge in [-0.2, -0.15) is 0 Å². The van der Waals surface area contributed by atoms with Crippen molar-refractivity contribution in [3.05, 3.63) is 54.2 Å². The van der Waals surface area contributed by atoms with Crippen molar-refractivity contribution in [3.63, 3.8) is 0 Å². The molecule has 5 nitrogen and oxygen atoms in total. The standard InChI is InChI=1S/C21H22N2O3/c1-13(2)11-18-20(23(3)21(25)26)19(14-7-5-4-6-8-14)16-12-15(24)9-10-17(16)22-18/h4-10,12-13,24H,11H2,1-3H3,(H,25,26). The summed E-state index contributed by atoms with van der Waals surface area (Å²) in [5.41, 5.74) is 3.70. The third kappa shape index (κ3) is 3.33. The topological polar surface area (TPSA) is 73.7 Å². The van der Waals surface area contributed by atoms with Gasteiger partial charge in [-0.15, -0.1) is 0 Å². The van der Waals surface area contributed by atoms with E-state index in [1.807, 2.05) is 30.3 Å². The Labute approximate surface area is 152 Å². The summed E-state index contributed by atoms with van der Waals surface area (Å²) in [6.45, 7) is 4.16. The van der Waals surface area contributed by atoms with Crippen LogP contribution in [-0.4, -0.2) is 28.3 Å². The van der Waals surface area contributed by atoms with Crippen LogP contribution < -0.4 is 4.90 Å². The summed E-state index contributed by atoms with van der Waals surface area (Å²) in [4.78, 5) is 17.7. The first-order chi connectivity index (χ1) is 12.4. The van der Waals surface area contributed by atoms with Gasteiger partial charge in [-0.25, -0.2) is 4.79 Å². The Hall–Kier alpha value is -3.08. The van der Waals surface area contributed by atoms with Crippen molar-refractivity contribution >= 4 is 22.7 Å². The Morgan fingerprint density at radius 3 is 2.46 bits per heavy atom. The average Bonchev–Trinajstić information content (AvgIpc) is 2.60. The lowest BCUT2D eigenvalue weighted by molar-refractivity contribution is 0.203. The van der Waals surface area contributed by atoms with Crippen molar-refractivity contribution in [3.8, 4) is 16.9 Å². The number of amides is 1. The van der Waals surface area contributed by atoms with Crippen molar-refractivity contribution in [2.75, 3.05) is 11.9 Å². The Kier molecular flexibility index (Phi) is 4.80. The molecule has 26 heavy (non-hydrogen) atoms. The maximum atomic E-state index is 11.8. The maximum absolute atomic E-state index is 11.8. The molecule has 2 aromatic carbocycles. The van der Waals surface area contributed by atoms with E-state index in [4.69, 9.17) is 4.98 Å². The number of anilines is 1. The van der Waals surface area contributed by atoms with E-state index in [1.165, 1.54) is 11.9 Å². The van der Waals surface area contributed by atoms with Crippen LogP contribution in [0.1, 0.15) is 19.5 Å². The first-order valence-electron chi connectivity index (χ1n) is 8.56. The number of phenolic OH excluding ortho intramolecular Hbond substituents is 1. The molecule has 0 bridgehead atoms. The van der Waals surface area contributed by atoms with Crippen molar-refractivity contribution in [1.29, 1.82) is 0 Å². The molecule has 1 heterocycles. The Balaban J connectivity index is 2.45. The second kappa shape index (κ2) is 7.04. The summed E-state index contributed by atoms with van der Waals surface area (Å²) in [6, 6.07) is 14.6. The number of carbonyl (C=O) groups is 1. The number of hydrogen-bond acceptors (Lipinski definition) is 3. The van der Waals surface area contributed by atoms with Gasteiger partial charge in [-0.3, -0.25) is 9.88 Å². The van der Waals surface area contributed by atoms with Crippen LogP contribution in [0.5, 0.6) is 5.75 Å². The van der Waals surface area contributed by atoms with Crippen molar-refractivity contribution < 1.29 is 15.0 Å². The summed E-state index contributed by atoms with van der Waals surface area (Å²) in [6.07, 6.45) is -0.391. The fourth-order valence-corrected chi connectivity index (χ4v) is 3.17. The molecule has 0 aliphatic heterocycles. The number of pyridine rings is 1. The summed E-state index contributed by atoms with van der Waals surface area (Å²) in [5, 5.41) is 20.4. The number of hydrogen-bond donors (Lipinski definition) is 2. The van der Waals surface area contributed by atoms with Gasteiger partial charge in [-0.05, 0) is 36.1 Å². The maximum Gasteiger partial charge on any atom is 0.411 e. The van der Waals surface area contributed by atoms with Crippen LogP contribution >= 0.6 is 0 Å². The van der Waals surface area contributed by atoms with Crippen molar-refractivity contribution in [2.24, 2.45) is 5.92 Å². The molecule has 2 N–H and O–H groups in total. The van der Waals surface area contributed by atoms with Crippen molar-refractivity contribution in [1.82, 2.24) is 4.98 Å². The molecule has 1 amide bonds. The first kappa shape index (κ1) is 17.7. The first-order valence-corrected chi connectivity index (χ1v) is 8.56. The van der Waals surface area contributed by atoms with Gasteiger partial charge in [0.25, 0.3) is 0 Å². The quantitative estimate of drug-likeness (QED) is 0.700. The zero-order valence-corrected chi connectivity index (χ0v) is 15.1. The largest absolute Gasteiger partial charge is 0.508 e. The second-order valence-corrected chi connectivity index (χ2v) is 6.79. The van der Waals surface area contributed by atoms with Gasteiger partial charge < -0.3 is 10.2 Å². The van der Waals surface area contributed by atoms with Crippen LogP contribution in [0, 0.1) is 5.92 Å².